The predicted molar refractivity (Wildman–Crippen MR) is 56.7 cm³/mol. The molecule has 0 aromatic heterocycles. The van der Waals surface area contributed by atoms with Crippen LogP contribution in [0.2, 0.25) is 0 Å². The highest BCUT2D eigenvalue weighted by atomic mass is 127. The molecule has 0 aromatic rings. The summed E-state index contributed by atoms with van der Waals surface area (Å²) < 4.78 is 18.4. The van der Waals surface area contributed by atoms with E-state index in [4.69, 9.17) is 0 Å². The Balaban J connectivity index is 2.45. The topological polar surface area (TPSA) is 26.3 Å². The van der Waals surface area contributed by atoms with Crippen molar-refractivity contribution in [2.24, 2.45) is 5.92 Å². The van der Waals surface area contributed by atoms with Crippen molar-refractivity contribution in [2.75, 3.05) is 6.61 Å². The molecule has 13 heavy (non-hydrogen) atoms. The second-order valence-corrected chi connectivity index (χ2v) is 4.86. The van der Waals surface area contributed by atoms with E-state index >= 15 is 0 Å². The molecule has 4 heteroatoms. The van der Waals surface area contributed by atoms with Gasteiger partial charge in [0.25, 0.3) is 0 Å². The number of esters is 1. The van der Waals surface area contributed by atoms with Crippen LogP contribution in [0.4, 0.5) is 4.39 Å². The smallest absolute Gasteiger partial charge is 0.341 e. The van der Waals surface area contributed by atoms with Gasteiger partial charge in [0.1, 0.15) is 0 Å². The van der Waals surface area contributed by atoms with Crippen molar-refractivity contribution in [2.45, 2.75) is 36.3 Å². The number of hydrogen-bond donors (Lipinski definition) is 0. The van der Waals surface area contributed by atoms with Gasteiger partial charge < -0.3 is 4.74 Å². The first kappa shape index (κ1) is 11.2. The minimum Gasteiger partial charge on any atom is -0.464 e. The van der Waals surface area contributed by atoms with Crippen LogP contribution in [0, 0.1) is 5.92 Å². The molecule has 0 saturated heterocycles. The van der Waals surface area contributed by atoms with Crippen LogP contribution in [0.1, 0.15) is 26.2 Å². The quantitative estimate of drug-likeness (QED) is 0.455. The molecule has 76 valence electrons. The molecule has 1 aliphatic rings. The first-order valence-electron chi connectivity index (χ1n) is 4.61. The number of halogens is 2. The summed E-state index contributed by atoms with van der Waals surface area (Å²) in [5.74, 6) is -0.810. The number of hydrogen-bond acceptors (Lipinski definition) is 2. The van der Waals surface area contributed by atoms with Gasteiger partial charge in [0.05, 0.1) is 6.61 Å². The van der Waals surface area contributed by atoms with Crippen molar-refractivity contribution in [3.05, 3.63) is 0 Å². The van der Waals surface area contributed by atoms with E-state index in [1.54, 1.807) is 6.92 Å². The lowest BCUT2D eigenvalue weighted by molar-refractivity contribution is -0.151. The maximum absolute atomic E-state index is 13.5. The van der Waals surface area contributed by atoms with Crippen LogP contribution in [0.25, 0.3) is 0 Å². The monoisotopic (exact) mass is 300 g/mol. The van der Waals surface area contributed by atoms with Gasteiger partial charge in [0.2, 0.25) is 6.17 Å². The molecular weight excluding hydrogens is 286 g/mol. The fourth-order valence-corrected chi connectivity index (χ4v) is 2.83. The molecule has 0 amide bonds. The molecule has 0 aliphatic heterocycles. The van der Waals surface area contributed by atoms with Crippen molar-refractivity contribution in [3.8, 4) is 0 Å². The third-order valence-corrected chi connectivity index (χ3v) is 3.92. The maximum atomic E-state index is 13.5. The molecule has 0 N–H and O–H groups in total. The number of carbonyl (C=O) groups is 1. The largest absolute Gasteiger partial charge is 0.464 e. The third-order valence-electron chi connectivity index (χ3n) is 2.37. The summed E-state index contributed by atoms with van der Waals surface area (Å²) in [6.45, 7) is 1.96. The molecule has 0 bridgehead atoms. The van der Waals surface area contributed by atoms with E-state index in [-0.39, 0.29) is 16.4 Å². The molecule has 1 saturated carbocycles. The Morgan fingerprint density at radius 3 is 2.85 bits per heavy atom. The SMILES string of the molecule is CCOC(=O)C(F)[C@H]1CCC[C@@H]1I. The summed E-state index contributed by atoms with van der Waals surface area (Å²) in [5, 5.41) is 0. The molecule has 0 aromatic carbocycles. The van der Waals surface area contributed by atoms with Gasteiger partial charge in [-0.3, -0.25) is 0 Å². The summed E-state index contributed by atoms with van der Waals surface area (Å²) in [7, 11) is 0. The minimum absolute atomic E-state index is 0.125. The van der Waals surface area contributed by atoms with E-state index in [1.165, 1.54) is 0 Å². The fraction of sp³-hybridized carbons (Fsp3) is 0.889. The van der Waals surface area contributed by atoms with Crippen LogP contribution in [0.3, 0.4) is 0 Å². The number of rotatable bonds is 3. The van der Waals surface area contributed by atoms with Gasteiger partial charge in [-0.2, -0.15) is 0 Å². The van der Waals surface area contributed by atoms with Crippen LogP contribution in [0.15, 0.2) is 0 Å². The first-order valence-corrected chi connectivity index (χ1v) is 5.86. The van der Waals surface area contributed by atoms with Gasteiger partial charge >= 0.3 is 5.97 Å². The molecular formula is C9H14FIO2. The molecule has 1 fully saturated rings. The summed E-state index contributed by atoms with van der Waals surface area (Å²) in [4.78, 5) is 11.1. The molecule has 0 heterocycles. The van der Waals surface area contributed by atoms with Crippen LogP contribution in [0.5, 0.6) is 0 Å². The van der Waals surface area contributed by atoms with Crippen LogP contribution >= 0.6 is 22.6 Å². The number of alkyl halides is 2. The Morgan fingerprint density at radius 1 is 1.69 bits per heavy atom. The maximum Gasteiger partial charge on any atom is 0.341 e. The van der Waals surface area contributed by atoms with E-state index in [9.17, 15) is 9.18 Å². The van der Waals surface area contributed by atoms with Crippen molar-refractivity contribution in [3.63, 3.8) is 0 Å². The molecule has 3 atom stereocenters. The normalized spacial score (nSPS) is 30.1. The highest BCUT2D eigenvalue weighted by Crippen LogP contribution is 2.35. The van der Waals surface area contributed by atoms with E-state index in [0.29, 0.717) is 0 Å². The van der Waals surface area contributed by atoms with E-state index in [1.807, 2.05) is 0 Å². The van der Waals surface area contributed by atoms with E-state index in [0.717, 1.165) is 19.3 Å². The van der Waals surface area contributed by atoms with Gasteiger partial charge in [0, 0.05) is 9.84 Å². The number of carbonyl (C=O) groups excluding carboxylic acids is 1. The van der Waals surface area contributed by atoms with Gasteiger partial charge in [0.15, 0.2) is 0 Å². The summed E-state index contributed by atoms with van der Waals surface area (Å²) in [6.07, 6.45) is 1.45. The average Bonchev–Trinajstić information content (AvgIpc) is 2.50. The first-order chi connectivity index (χ1) is 6.16. The highest BCUT2D eigenvalue weighted by Gasteiger charge is 2.37. The Bertz CT molecular complexity index is 186. The van der Waals surface area contributed by atoms with Gasteiger partial charge in [-0.1, -0.05) is 29.0 Å². The van der Waals surface area contributed by atoms with Gasteiger partial charge in [-0.15, -0.1) is 0 Å². The van der Waals surface area contributed by atoms with E-state index < -0.39 is 12.1 Å². The van der Waals surface area contributed by atoms with Crippen LogP contribution in [-0.4, -0.2) is 22.7 Å². The Labute approximate surface area is 91.4 Å². The second kappa shape index (κ2) is 5.12. The highest BCUT2D eigenvalue weighted by molar-refractivity contribution is 14.1. The average molecular weight is 300 g/mol. The Kier molecular flexibility index (Phi) is 4.41. The van der Waals surface area contributed by atoms with Crippen molar-refractivity contribution in [1.29, 1.82) is 0 Å². The second-order valence-electron chi connectivity index (χ2n) is 3.26. The lowest BCUT2D eigenvalue weighted by Crippen LogP contribution is -2.30. The van der Waals surface area contributed by atoms with Crippen LogP contribution in [-0.2, 0) is 9.53 Å². The lowest BCUT2D eigenvalue weighted by Gasteiger charge is -2.17. The molecule has 1 aliphatic carbocycles. The zero-order chi connectivity index (χ0) is 9.84. The van der Waals surface area contributed by atoms with E-state index in [2.05, 4.69) is 27.3 Å². The van der Waals surface area contributed by atoms with Gasteiger partial charge in [-0.25, -0.2) is 9.18 Å². The van der Waals surface area contributed by atoms with Crippen molar-refractivity contribution in [1.82, 2.24) is 0 Å². The number of ether oxygens (including phenoxy) is 1. The van der Waals surface area contributed by atoms with Crippen LogP contribution < -0.4 is 0 Å². The zero-order valence-electron chi connectivity index (χ0n) is 7.63. The fourth-order valence-electron chi connectivity index (χ4n) is 1.67. The van der Waals surface area contributed by atoms with Crippen molar-refractivity contribution < 1.29 is 13.9 Å². The molecule has 0 spiro atoms. The standard InChI is InChI=1S/C9H14FIO2/c1-2-13-9(12)8(10)6-4-3-5-7(6)11/h6-8H,2-5H2,1H3/t6-,7-,8?/m0/s1. The molecule has 1 unspecified atom stereocenters. The predicted octanol–water partition coefficient (Wildman–Crippen LogP) is 2.49. The zero-order valence-corrected chi connectivity index (χ0v) is 9.79. The van der Waals surface area contributed by atoms with Gasteiger partial charge in [-0.05, 0) is 19.8 Å². The third kappa shape index (κ3) is 2.79. The molecule has 1 rings (SSSR count). The van der Waals surface area contributed by atoms with Crippen molar-refractivity contribution >= 4 is 28.6 Å². The molecule has 2 nitrogen and oxygen atoms in total. The summed E-state index contributed by atoms with van der Waals surface area (Å²) >= 11 is 2.22. The minimum atomic E-state index is -1.41. The Hall–Kier alpha value is 0.130. The summed E-state index contributed by atoms with van der Waals surface area (Å²) in [6, 6.07) is 0. The Morgan fingerprint density at radius 2 is 2.38 bits per heavy atom. The summed E-state index contributed by atoms with van der Waals surface area (Å²) in [5.41, 5.74) is 0. The molecule has 0 radical (unpaired) electrons. The lowest BCUT2D eigenvalue weighted by atomic mass is 10.0.